The summed E-state index contributed by atoms with van der Waals surface area (Å²) in [6.07, 6.45) is 2.60. The number of thiazole rings is 2. The Morgan fingerprint density at radius 3 is 2.43 bits per heavy atom. The summed E-state index contributed by atoms with van der Waals surface area (Å²) in [5.74, 6) is 0.0256. The molecule has 15 heteroatoms. The van der Waals surface area contributed by atoms with Crippen molar-refractivity contribution >= 4 is 52.3 Å². The van der Waals surface area contributed by atoms with Crippen LogP contribution in [0.4, 0.5) is 9.59 Å². The largest absolute Gasteiger partial charge is 0.444 e. The smallest absolute Gasteiger partial charge is 0.410 e. The number of nitrogens with one attached hydrogen (secondary N) is 2. The molecule has 3 heterocycles. The van der Waals surface area contributed by atoms with E-state index in [0.29, 0.717) is 69.6 Å². The Morgan fingerprint density at radius 2 is 1.74 bits per heavy atom. The maximum atomic E-state index is 14.2. The standard InChI is InChI=1S/C39H50ClN7O5S2/c1-28(2)37-43-33(26-53-37)24-45(3)38(49)44-35(14-15-46-17-19-51-20-18-46)36(48)42-32(21-29-7-5-4-6-8-29)13-16-47(23-30-9-11-31(40)12-10-30)39(50)52-25-34-22-41-27-54-34/h4-12,22,26-28,32,35H,13-21,23-25H2,1-3H3,(H,42,48)(H,44,49). The molecule has 2 atom stereocenters. The Bertz CT molecular complexity index is 1740. The first kappa shape index (κ1) is 41.1. The predicted octanol–water partition coefficient (Wildman–Crippen LogP) is 6.57. The number of hydrogen-bond acceptors (Lipinski definition) is 10. The van der Waals surface area contributed by atoms with Crippen molar-refractivity contribution in [2.45, 2.75) is 70.8 Å². The Kier molecular flexibility index (Phi) is 16.1. The van der Waals surface area contributed by atoms with Crippen molar-refractivity contribution in [2.24, 2.45) is 0 Å². The summed E-state index contributed by atoms with van der Waals surface area (Å²) < 4.78 is 11.2. The molecule has 0 bridgehead atoms. The van der Waals surface area contributed by atoms with Crippen molar-refractivity contribution in [3.63, 3.8) is 0 Å². The summed E-state index contributed by atoms with van der Waals surface area (Å²) in [4.78, 5) is 56.3. The van der Waals surface area contributed by atoms with Gasteiger partial charge in [-0.25, -0.2) is 14.6 Å². The molecule has 1 aliphatic heterocycles. The van der Waals surface area contributed by atoms with Crippen molar-refractivity contribution in [1.82, 2.24) is 35.3 Å². The second-order valence-electron chi connectivity index (χ2n) is 13.7. The van der Waals surface area contributed by atoms with Crippen LogP contribution in [0.15, 0.2) is 71.7 Å². The van der Waals surface area contributed by atoms with E-state index in [0.717, 1.165) is 39.8 Å². The molecular formula is C39H50ClN7O5S2. The molecule has 0 spiro atoms. The molecule has 5 rings (SSSR count). The van der Waals surface area contributed by atoms with E-state index in [1.54, 1.807) is 52.0 Å². The zero-order chi connectivity index (χ0) is 38.3. The minimum atomic E-state index is -0.794. The summed E-state index contributed by atoms with van der Waals surface area (Å²) in [7, 11) is 1.71. The Labute approximate surface area is 330 Å². The van der Waals surface area contributed by atoms with Gasteiger partial charge in [-0.15, -0.1) is 22.7 Å². The lowest BCUT2D eigenvalue weighted by atomic mass is 10.0. The van der Waals surface area contributed by atoms with Crippen LogP contribution in [0.5, 0.6) is 0 Å². The van der Waals surface area contributed by atoms with Gasteiger partial charge in [-0.3, -0.25) is 14.7 Å². The molecule has 2 aromatic heterocycles. The molecule has 0 saturated carbocycles. The van der Waals surface area contributed by atoms with Gasteiger partial charge in [-0.1, -0.05) is 67.9 Å². The van der Waals surface area contributed by atoms with E-state index >= 15 is 0 Å². The van der Waals surface area contributed by atoms with E-state index in [-0.39, 0.29) is 24.6 Å². The number of amides is 4. The molecule has 0 aliphatic carbocycles. The molecule has 1 aliphatic rings. The third-order valence-electron chi connectivity index (χ3n) is 9.05. The van der Waals surface area contributed by atoms with E-state index in [9.17, 15) is 14.4 Å². The zero-order valence-electron chi connectivity index (χ0n) is 31.1. The van der Waals surface area contributed by atoms with Crippen molar-refractivity contribution < 1.29 is 23.9 Å². The first-order chi connectivity index (χ1) is 26.1. The second kappa shape index (κ2) is 21.1. The molecule has 1 saturated heterocycles. The predicted molar refractivity (Wildman–Crippen MR) is 213 cm³/mol. The molecule has 2 aromatic carbocycles. The molecule has 2 N–H and O–H groups in total. The summed E-state index contributed by atoms with van der Waals surface area (Å²) in [5.41, 5.74) is 4.44. The highest BCUT2D eigenvalue weighted by atomic mass is 35.5. The maximum absolute atomic E-state index is 14.2. The average molecular weight is 796 g/mol. The summed E-state index contributed by atoms with van der Waals surface area (Å²) >= 11 is 9.15. The molecule has 54 heavy (non-hydrogen) atoms. The lowest BCUT2D eigenvalue weighted by Gasteiger charge is -2.30. The summed E-state index contributed by atoms with van der Waals surface area (Å²) in [5, 5.41) is 9.87. The number of carbonyl (C=O) groups is 3. The van der Waals surface area contributed by atoms with Crippen LogP contribution in [0.25, 0.3) is 0 Å². The fraction of sp³-hybridized carbons (Fsp3) is 0.462. The number of morpholine rings is 1. The minimum Gasteiger partial charge on any atom is -0.444 e. The van der Waals surface area contributed by atoms with Crippen LogP contribution in [-0.2, 0) is 40.4 Å². The van der Waals surface area contributed by atoms with Gasteiger partial charge in [0.15, 0.2) is 0 Å². The number of urea groups is 1. The minimum absolute atomic E-state index is 0.116. The number of halogens is 1. The van der Waals surface area contributed by atoms with Crippen molar-refractivity contribution in [3.8, 4) is 0 Å². The van der Waals surface area contributed by atoms with E-state index in [1.807, 2.05) is 47.8 Å². The molecule has 290 valence electrons. The van der Waals surface area contributed by atoms with E-state index in [1.165, 1.54) is 11.3 Å². The highest BCUT2D eigenvalue weighted by Gasteiger charge is 2.27. The van der Waals surface area contributed by atoms with Gasteiger partial charge < -0.3 is 29.9 Å². The van der Waals surface area contributed by atoms with Crippen LogP contribution in [0.3, 0.4) is 0 Å². The Morgan fingerprint density at radius 1 is 0.981 bits per heavy atom. The van der Waals surface area contributed by atoms with Crippen LogP contribution in [0.1, 0.15) is 59.3 Å². The third kappa shape index (κ3) is 13.3. The van der Waals surface area contributed by atoms with Gasteiger partial charge in [-0.05, 0) is 42.5 Å². The van der Waals surface area contributed by atoms with Crippen LogP contribution in [0, 0.1) is 0 Å². The first-order valence-corrected chi connectivity index (χ1v) is 20.4. The maximum Gasteiger partial charge on any atom is 0.410 e. The summed E-state index contributed by atoms with van der Waals surface area (Å²) in [6.45, 7) is 8.66. The van der Waals surface area contributed by atoms with Gasteiger partial charge in [0.2, 0.25) is 5.91 Å². The van der Waals surface area contributed by atoms with Gasteiger partial charge in [-0.2, -0.15) is 0 Å². The number of hydrogen-bond donors (Lipinski definition) is 2. The van der Waals surface area contributed by atoms with Crippen molar-refractivity contribution in [1.29, 1.82) is 0 Å². The average Bonchev–Trinajstić information content (AvgIpc) is 3.88. The van der Waals surface area contributed by atoms with Gasteiger partial charge in [0.1, 0.15) is 12.6 Å². The van der Waals surface area contributed by atoms with Crippen LogP contribution in [0.2, 0.25) is 5.02 Å². The Hall–Kier alpha value is -4.08. The lowest BCUT2D eigenvalue weighted by Crippen LogP contribution is -2.54. The van der Waals surface area contributed by atoms with Crippen LogP contribution >= 0.6 is 34.3 Å². The van der Waals surface area contributed by atoms with Gasteiger partial charge in [0.05, 0.1) is 40.8 Å². The normalized spacial score (nSPS) is 14.3. The van der Waals surface area contributed by atoms with Crippen LogP contribution in [-0.4, -0.2) is 101 Å². The molecule has 0 radical (unpaired) electrons. The number of aromatic nitrogens is 2. The van der Waals surface area contributed by atoms with E-state index in [2.05, 4.69) is 39.3 Å². The number of nitrogens with zero attached hydrogens (tertiary/aromatic N) is 5. The second-order valence-corrected chi connectivity index (χ2v) is 16.0. The van der Waals surface area contributed by atoms with Gasteiger partial charge in [0.25, 0.3) is 0 Å². The number of rotatable bonds is 18. The topological polar surface area (TPSA) is 129 Å². The third-order valence-corrected chi connectivity index (χ3v) is 11.2. The van der Waals surface area contributed by atoms with Gasteiger partial charge >= 0.3 is 12.1 Å². The molecule has 2 unspecified atom stereocenters. The number of ether oxygens (including phenoxy) is 2. The van der Waals surface area contributed by atoms with E-state index < -0.39 is 12.1 Å². The molecular weight excluding hydrogens is 746 g/mol. The fourth-order valence-electron chi connectivity index (χ4n) is 5.96. The SMILES string of the molecule is CC(C)c1nc(CN(C)C(=O)NC(CCN2CCOCC2)C(=O)NC(CCN(Cc2ccc(Cl)cc2)C(=O)OCc2cncs2)Cc2ccccc2)cs1. The monoisotopic (exact) mass is 795 g/mol. The van der Waals surface area contributed by atoms with Crippen LogP contribution < -0.4 is 10.6 Å². The van der Waals surface area contributed by atoms with Crippen molar-refractivity contribution in [3.05, 3.63) is 103 Å². The van der Waals surface area contributed by atoms with Crippen molar-refractivity contribution in [2.75, 3.05) is 46.4 Å². The lowest BCUT2D eigenvalue weighted by molar-refractivity contribution is -0.124. The highest BCUT2D eigenvalue weighted by Crippen LogP contribution is 2.20. The molecule has 4 aromatic rings. The quantitative estimate of drug-likeness (QED) is 0.116. The number of carbonyl (C=O) groups excluding carboxylic acids is 3. The summed E-state index contributed by atoms with van der Waals surface area (Å²) in [6, 6.07) is 15.8. The molecule has 12 nitrogen and oxygen atoms in total. The first-order valence-electron chi connectivity index (χ1n) is 18.3. The van der Waals surface area contributed by atoms with E-state index in [4.69, 9.17) is 21.1 Å². The van der Waals surface area contributed by atoms with Gasteiger partial charge in [0, 0.05) is 68.3 Å². The molecule has 1 fully saturated rings. The Balaban J connectivity index is 1.30. The fourth-order valence-corrected chi connectivity index (χ4v) is 7.42. The highest BCUT2D eigenvalue weighted by molar-refractivity contribution is 7.09. The zero-order valence-corrected chi connectivity index (χ0v) is 33.5. The number of benzene rings is 2. The molecule has 4 amide bonds.